The van der Waals surface area contributed by atoms with Crippen LogP contribution in [0.5, 0.6) is 0 Å². The summed E-state index contributed by atoms with van der Waals surface area (Å²) in [6, 6.07) is 26.8. The van der Waals surface area contributed by atoms with Gasteiger partial charge in [0.15, 0.2) is 0 Å². The van der Waals surface area contributed by atoms with Crippen LogP contribution in [-0.2, 0) is 20.2 Å². The van der Waals surface area contributed by atoms with E-state index in [4.69, 9.17) is 4.98 Å². The molecular formula is C38H45N5O4S. The first-order valence-electron chi connectivity index (χ1n) is 17.4. The first-order chi connectivity index (χ1) is 23.2. The molecule has 9 nitrogen and oxygen atoms in total. The van der Waals surface area contributed by atoms with Crippen molar-refractivity contribution in [1.29, 1.82) is 0 Å². The number of carbonyl (C=O) groups excluding carboxylic acids is 2. The van der Waals surface area contributed by atoms with Crippen molar-refractivity contribution in [2.45, 2.75) is 93.7 Å². The van der Waals surface area contributed by atoms with Gasteiger partial charge in [-0.1, -0.05) is 49.4 Å². The predicted molar refractivity (Wildman–Crippen MR) is 186 cm³/mol. The molecule has 2 amide bonds. The third-order valence-electron chi connectivity index (χ3n) is 11.2. The lowest BCUT2D eigenvalue weighted by Crippen LogP contribution is -2.49. The van der Waals surface area contributed by atoms with Crippen LogP contribution in [0.1, 0.15) is 86.1 Å². The van der Waals surface area contributed by atoms with Gasteiger partial charge in [-0.15, -0.1) is 0 Å². The Balaban J connectivity index is 1.02. The fraction of sp³-hybridized carbons (Fsp3) is 0.447. The Morgan fingerprint density at radius 2 is 1.52 bits per heavy atom. The predicted octanol–water partition coefficient (Wildman–Crippen LogP) is 5.99. The highest BCUT2D eigenvalue weighted by Crippen LogP contribution is 2.45. The van der Waals surface area contributed by atoms with Crippen molar-refractivity contribution >= 4 is 32.9 Å². The van der Waals surface area contributed by atoms with Gasteiger partial charge in [0.05, 0.1) is 15.9 Å². The van der Waals surface area contributed by atoms with Crippen molar-refractivity contribution in [2.75, 3.05) is 19.6 Å². The molecule has 3 aromatic carbocycles. The number of aromatic nitrogens is 2. The molecule has 1 N–H and O–H groups in total. The number of hydrogen-bond acceptors (Lipinski definition) is 6. The number of hydrogen-bond donors (Lipinski definition) is 1. The number of carbonyl (C=O) groups is 2. The summed E-state index contributed by atoms with van der Waals surface area (Å²) in [5, 5.41) is 0. The molecule has 2 atom stereocenters. The van der Waals surface area contributed by atoms with E-state index in [1.165, 1.54) is 36.1 Å². The highest BCUT2D eigenvalue weighted by molar-refractivity contribution is 7.90. The number of piperidine rings is 2. The third kappa shape index (κ3) is 6.16. The summed E-state index contributed by atoms with van der Waals surface area (Å²) in [6.07, 6.45) is 7.69. The maximum Gasteiger partial charge on any atom is 0.264 e. The average Bonchev–Trinajstić information content (AvgIpc) is 3.57. The van der Waals surface area contributed by atoms with Gasteiger partial charge in [-0.05, 0) is 106 Å². The van der Waals surface area contributed by atoms with Crippen LogP contribution in [0.25, 0.3) is 11.0 Å². The first kappa shape index (κ1) is 32.5. The van der Waals surface area contributed by atoms with Crippen molar-refractivity contribution in [2.24, 2.45) is 0 Å². The summed E-state index contributed by atoms with van der Waals surface area (Å²) in [5.41, 5.74) is 4.12. The van der Waals surface area contributed by atoms with E-state index in [-0.39, 0.29) is 22.6 Å². The Bertz CT molecular complexity index is 1880. The van der Waals surface area contributed by atoms with Crippen LogP contribution < -0.4 is 4.72 Å². The zero-order valence-electron chi connectivity index (χ0n) is 27.8. The molecule has 1 aromatic heterocycles. The van der Waals surface area contributed by atoms with E-state index in [0.717, 1.165) is 50.0 Å². The number of nitrogens with zero attached hydrogens (tertiary/aromatic N) is 4. The fourth-order valence-corrected chi connectivity index (χ4v) is 9.70. The smallest absolute Gasteiger partial charge is 0.264 e. The van der Waals surface area contributed by atoms with Crippen molar-refractivity contribution in [3.8, 4) is 0 Å². The van der Waals surface area contributed by atoms with E-state index in [1.807, 2.05) is 4.90 Å². The van der Waals surface area contributed by atoms with Gasteiger partial charge in [-0.3, -0.25) is 14.5 Å². The van der Waals surface area contributed by atoms with Crippen LogP contribution in [0.3, 0.4) is 0 Å². The van der Waals surface area contributed by atoms with Crippen LogP contribution in [-0.4, -0.2) is 71.3 Å². The number of benzene rings is 3. The molecule has 48 heavy (non-hydrogen) atoms. The second kappa shape index (κ2) is 13.1. The fourth-order valence-electron chi connectivity index (χ4n) is 8.64. The number of likely N-dealkylation sites (tertiary alicyclic amines) is 1. The third-order valence-corrected chi connectivity index (χ3v) is 12.6. The zero-order valence-corrected chi connectivity index (χ0v) is 28.7. The molecule has 2 bridgehead atoms. The molecule has 0 spiro atoms. The van der Waals surface area contributed by atoms with Crippen molar-refractivity contribution in [3.63, 3.8) is 0 Å². The molecule has 0 saturated carbocycles. The molecular weight excluding hydrogens is 623 g/mol. The Hall–Kier alpha value is -4.02. The van der Waals surface area contributed by atoms with Gasteiger partial charge >= 0.3 is 0 Å². The number of rotatable bonds is 9. The number of sulfonamides is 1. The van der Waals surface area contributed by atoms with Crippen molar-refractivity contribution in [1.82, 2.24) is 24.1 Å². The minimum absolute atomic E-state index is 0.0130. The molecule has 0 aliphatic carbocycles. The second-order valence-electron chi connectivity index (χ2n) is 13.9. The number of nitrogens with one attached hydrogen (secondary N) is 1. The summed E-state index contributed by atoms with van der Waals surface area (Å²) < 4.78 is 29.6. The lowest BCUT2D eigenvalue weighted by molar-refractivity contribution is -0.119. The first-order valence-corrected chi connectivity index (χ1v) is 18.9. The summed E-state index contributed by atoms with van der Waals surface area (Å²) in [5.74, 6) is 0.446. The van der Waals surface area contributed by atoms with Gasteiger partial charge in [0.2, 0.25) is 5.91 Å². The quantitative estimate of drug-likeness (QED) is 0.235. The maximum atomic E-state index is 13.6. The summed E-state index contributed by atoms with van der Waals surface area (Å²) in [7, 11) is -3.96. The maximum absolute atomic E-state index is 13.6. The molecule has 3 aliphatic rings. The SMILES string of the molecule is CCC(=O)NS(=O)(=O)c1ccc(C(=O)N2CCC(CCN3C4CCC3CC(n3c(C)nc5ccccc53)C4)(c3ccccc3)CC2)cc1. The lowest BCUT2D eigenvalue weighted by Gasteiger charge is -2.45. The van der Waals surface area contributed by atoms with E-state index in [0.29, 0.717) is 36.8 Å². The number of amides is 2. The van der Waals surface area contributed by atoms with E-state index < -0.39 is 15.9 Å². The normalized spacial score (nSPS) is 22.5. The topological polar surface area (TPSA) is 105 Å². The number of imidazole rings is 1. The molecule has 3 aliphatic heterocycles. The molecule has 252 valence electrons. The van der Waals surface area contributed by atoms with Gasteiger partial charge in [0.25, 0.3) is 15.9 Å². The Kier molecular flexibility index (Phi) is 8.89. The molecule has 0 radical (unpaired) electrons. The largest absolute Gasteiger partial charge is 0.339 e. The summed E-state index contributed by atoms with van der Waals surface area (Å²) in [6.45, 7) is 6.07. The van der Waals surface area contributed by atoms with E-state index in [9.17, 15) is 18.0 Å². The standard InChI is InChI=1S/C38H45N5O4S/c1-3-36(44)40-48(46,47)33-17-13-28(14-18-33)37(45)41-22-19-38(20-23-41,29-9-5-4-6-10-29)21-24-42-30-15-16-31(42)26-32(25-30)43-27(2)39-34-11-7-8-12-35(34)43/h4-14,17-18,30-32H,3,15-16,19-26H2,1-2H3,(H,40,44). The lowest BCUT2D eigenvalue weighted by atomic mass is 9.70. The van der Waals surface area contributed by atoms with Crippen LogP contribution in [0.15, 0.2) is 83.8 Å². The minimum atomic E-state index is -3.96. The van der Waals surface area contributed by atoms with Crippen LogP contribution >= 0.6 is 0 Å². The zero-order chi connectivity index (χ0) is 33.5. The van der Waals surface area contributed by atoms with Crippen LogP contribution in [0.4, 0.5) is 0 Å². The van der Waals surface area contributed by atoms with E-state index >= 15 is 0 Å². The van der Waals surface area contributed by atoms with Crippen LogP contribution in [0, 0.1) is 6.92 Å². The average molecular weight is 668 g/mol. The Labute approximate surface area is 283 Å². The van der Waals surface area contributed by atoms with Crippen molar-refractivity contribution in [3.05, 3.63) is 95.8 Å². The van der Waals surface area contributed by atoms with Gasteiger partial charge in [-0.2, -0.15) is 0 Å². The molecule has 4 aromatic rings. The molecule has 4 heterocycles. The Morgan fingerprint density at radius 1 is 0.875 bits per heavy atom. The monoisotopic (exact) mass is 667 g/mol. The number of aryl methyl sites for hydroxylation is 1. The number of para-hydroxylation sites is 2. The van der Waals surface area contributed by atoms with E-state index in [1.54, 1.807) is 19.1 Å². The molecule has 3 saturated heterocycles. The van der Waals surface area contributed by atoms with Crippen LogP contribution in [0.2, 0.25) is 0 Å². The molecule has 3 fully saturated rings. The summed E-state index contributed by atoms with van der Waals surface area (Å²) >= 11 is 0. The van der Waals surface area contributed by atoms with Gasteiger partial charge in [-0.25, -0.2) is 18.1 Å². The highest BCUT2D eigenvalue weighted by atomic mass is 32.2. The molecule has 2 unspecified atom stereocenters. The molecule has 10 heteroatoms. The van der Waals surface area contributed by atoms with Gasteiger partial charge in [0.1, 0.15) is 5.82 Å². The van der Waals surface area contributed by atoms with E-state index in [2.05, 4.69) is 75.7 Å². The van der Waals surface area contributed by atoms with Gasteiger partial charge < -0.3 is 9.47 Å². The second-order valence-corrected chi connectivity index (χ2v) is 15.5. The minimum Gasteiger partial charge on any atom is -0.339 e. The number of fused-ring (bicyclic) bond motifs is 3. The Morgan fingerprint density at radius 3 is 2.19 bits per heavy atom. The highest BCUT2D eigenvalue weighted by Gasteiger charge is 2.44. The van der Waals surface area contributed by atoms with Crippen molar-refractivity contribution < 1.29 is 18.0 Å². The van der Waals surface area contributed by atoms with Gasteiger partial charge in [0, 0.05) is 43.2 Å². The summed E-state index contributed by atoms with van der Waals surface area (Å²) in [4.78, 5) is 34.7. The molecule has 7 rings (SSSR count).